The molecule has 1 amide bonds. The van der Waals surface area contributed by atoms with Gasteiger partial charge in [-0.3, -0.25) is 4.79 Å². The largest absolute Gasteiger partial charge is 0.368 e. The van der Waals surface area contributed by atoms with Crippen LogP contribution in [0.25, 0.3) is 0 Å². The first-order valence-electron chi connectivity index (χ1n) is 6.62. The molecule has 0 spiro atoms. The average molecular weight is 260 g/mol. The third-order valence-electron chi connectivity index (χ3n) is 3.07. The maximum atomic E-state index is 11.5. The van der Waals surface area contributed by atoms with Crippen molar-refractivity contribution in [3.05, 3.63) is 31.0 Å². The fourth-order valence-electron chi connectivity index (χ4n) is 2.01. The Bertz CT molecular complexity index is 424. The van der Waals surface area contributed by atoms with Gasteiger partial charge in [0.2, 0.25) is 5.91 Å². The van der Waals surface area contributed by atoms with E-state index in [2.05, 4.69) is 27.1 Å². The van der Waals surface area contributed by atoms with Crippen LogP contribution in [0.4, 0.5) is 11.5 Å². The van der Waals surface area contributed by atoms with E-state index in [0.717, 1.165) is 31.9 Å². The van der Waals surface area contributed by atoms with Gasteiger partial charge < -0.3 is 15.5 Å². The number of allylic oxidation sites excluding steroid dienone is 1. The Morgan fingerprint density at radius 3 is 2.89 bits per heavy atom. The molecule has 1 saturated heterocycles. The van der Waals surface area contributed by atoms with Crippen LogP contribution in [-0.2, 0) is 4.79 Å². The molecule has 1 aliphatic heterocycles. The number of anilines is 2. The molecule has 1 fully saturated rings. The number of rotatable bonds is 5. The zero-order valence-electron chi connectivity index (χ0n) is 11.1. The number of carbonyl (C=O) groups is 1. The normalized spacial score (nSPS) is 15.1. The number of hydrogen-bond donors (Lipinski definition) is 2. The molecule has 2 heterocycles. The van der Waals surface area contributed by atoms with Crippen molar-refractivity contribution in [1.29, 1.82) is 0 Å². The smallest absolute Gasteiger partial charge is 0.225 e. The van der Waals surface area contributed by atoms with E-state index in [1.807, 2.05) is 18.3 Å². The first-order chi connectivity index (χ1) is 9.29. The monoisotopic (exact) mass is 260 g/mol. The molecule has 102 valence electrons. The van der Waals surface area contributed by atoms with Crippen molar-refractivity contribution in [2.75, 3.05) is 36.4 Å². The SMILES string of the molecule is C=CCCC(=O)Nc1ccc(N2CCNCC2)cn1. The minimum Gasteiger partial charge on any atom is -0.368 e. The van der Waals surface area contributed by atoms with Crippen LogP contribution in [-0.4, -0.2) is 37.1 Å². The Morgan fingerprint density at radius 1 is 1.47 bits per heavy atom. The number of amides is 1. The lowest BCUT2D eigenvalue weighted by molar-refractivity contribution is -0.116. The van der Waals surface area contributed by atoms with Gasteiger partial charge >= 0.3 is 0 Å². The summed E-state index contributed by atoms with van der Waals surface area (Å²) in [7, 11) is 0. The van der Waals surface area contributed by atoms with E-state index in [1.54, 1.807) is 6.08 Å². The Hall–Kier alpha value is -1.88. The number of aromatic nitrogens is 1. The van der Waals surface area contributed by atoms with Gasteiger partial charge in [-0.05, 0) is 18.6 Å². The van der Waals surface area contributed by atoms with Gasteiger partial charge in [-0.1, -0.05) is 6.08 Å². The molecule has 0 unspecified atom stereocenters. The molecule has 1 aliphatic rings. The van der Waals surface area contributed by atoms with Gasteiger partial charge in [-0.25, -0.2) is 4.98 Å². The van der Waals surface area contributed by atoms with Crippen molar-refractivity contribution in [1.82, 2.24) is 10.3 Å². The van der Waals surface area contributed by atoms with Crippen molar-refractivity contribution >= 4 is 17.4 Å². The van der Waals surface area contributed by atoms with Crippen LogP contribution < -0.4 is 15.5 Å². The van der Waals surface area contributed by atoms with Crippen LogP contribution in [0.15, 0.2) is 31.0 Å². The molecule has 0 saturated carbocycles. The van der Waals surface area contributed by atoms with Gasteiger partial charge in [0.25, 0.3) is 0 Å². The first-order valence-corrected chi connectivity index (χ1v) is 6.62. The molecular formula is C14H20N4O. The van der Waals surface area contributed by atoms with E-state index >= 15 is 0 Å². The maximum absolute atomic E-state index is 11.5. The van der Waals surface area contributed by atoms with Crippen LogP contribution in [0.5, 0.6) is 0 Å². The number of piperazine rings is 1. The molecule has 19 heavy (non-hydrogen) atoms. The van der Waals surface area contributed by atoms with E-state index in [0.29, 0.717) is 18.7 Å². The standard InChI is InChI=1S/C14H20N4O/c1-2-3-4-14(19)17-13-6-5-12(11-16-13)18-9-7-15-8-10-18/h2,5-6,11,15H,1,3-4,7-10H2,(H,16,17,19). The number of nitrogens with one attached hydrogen (secondary N) is 2. The van der Waals surface area contributed by atoms with Gasteiger partial charge in [0, 0.05) is 32.6 Å². The number of carbonyl (C=O) groups excluding carboxylic acids is 1. The highest BCUT2D eigenvalue weighted by molar-refractivity contribution is 5.89. The molecule has 2 N–H and O–H groups in total. The molecular weight excluding hydrogens is 240 g/mol. The second-order valence-corrected chi connectivity index (χ2v) is 4.51. The summed E-state index contributed by atoms with van der Waals surface area (Å²) in [5, 5.41) is 6.09. The summed E-state index contributed by atoms with van der Waals surface area (Å²) in [5.74, 6) is 0.579. The summed E-state index contributed by atoms with van der Waals surface area (Å²) < 4.78 is 0. The van der Waals surface area contributed by atoms with Crippen LogP contribution >= 0.6 is 0 Å². The molecule has 0 aromatic carbocycles. The third-order valence-corrected chi connectivity index (χ3v) is 3.07. The molecule has 0 atom stereocenters. The van der Waals surface area contributed by atoms with Crippen LogP contribution in [0.2, 0.25) is 0 Å². The second-order valence-electron chi connectivity index (χ2n) is 4.51. The van der Waals surface area contributed by atoms with Crippen molar-refractivity contribution in [3.63, 3.8) is 0 Å². The lowest BCUT2D eigenvalue weighted by Crippen LogP contribution is -2.43. The van der Waals surface area contributed by atoms with Crippen molar-refractivity contribution < 1.29 is 4.79 Å². The van der Waals surface area contributed by atoms with Crippen LogP contribution in [0, 0.1) is 0 Å². The topological polar surface area (TPSA) is 57.3 Å². The summed E-state index contributed by atoms with van der Waals surface area (Å²) in [6.45, 7) is 7.58. The summed E-state index contributed by atoms with van der Waals surface area (Å²) in [6, 6.07) is 3.85. The average Bonchev–Trinajstić information content (AvgIpc) is 2.47. The highest BCUT2D eigenvalue weighted by Gasteiger charge is 2.10. The third kappa shape index (κ3) is 4.06. The van der Waals surface area contributed by atoms with E-state index in [4.69, 9.17) is 0 Å². The number of nitrogens with zero attached hydrogens (tertiary/aromatic N) is 2. The van der Waals surface area contributed by atoms with Crippen LogP contribution in [0.3, 0.4) is 0 Å². The maximum Gasteiger partial charge on any atom is 0.225 e. The minimum atomic E-state index is -0.0256. The molecule has 0 bridgehead atoms. The molecule has 2 rings (SSSR count). The van der Waals surface area contributed by atoms with Gasteiger partial charge in [0.05, 0.1) is 11.9 Å². The Labute approximate surface area is 113 Å². The molecule has 1 aromatic heterocycles. The minimum absolute atomic E-state index is 0.0256. The fourth-order valence-corrected chi connectivity index (χ4v) is 2.01. The van der Waals surface area contributed by atoms with Crippen molar-refractivity contribution in [2.24, 2.45) is 0 Å². The Balaban J connectivity index is 1.90. The Kier molecular flexibility index (Phi) is 4.92. The van der Waals surface area contributed by atoms with E-state index in [9.17, 15) is 4.79 Å². The summed E-state index contributed by atoms with van der Waals surface area (Å²) in [5.41, 5.74) is 1.10. The highest BCUT2D eigenvalue weighted by atomic mass is 16.1. The molecule has 5 heteroatoms. The van der Waals surface area contributed by atoms with E-state index in [1.165, 1.54) is 0 Å². The summed E-state index contributed by atoms with van der Waals surface area (Å²) in [6.07, 6.45) is 4.68. The van der Waals surface area contributed by atoms with E-state index in [-0.39, 0.29) is 5.91 Å². The first kappa shape index (κ1) is 13.5. The molecule has 0 aliphatic carbocycles. The number of pyridine rings is 1. The lowest BCUT2D eigenvalue weighted by atomic mass is 10.3. The van der Waals surface area contributed by atoms with Gasteiger partial charge in [-0.15, -0.1) is 6.58 Å². The van der Waals surface area contributed by atoms with E-state index < -0.39 is 0 Å². The van der Waals surface area contributed by atoms with Gasteiger partial charge in [-0.2, -0.15) is 0 Å². The summed E-state index contributed by atoms with van der Waals surface area (Å²) in [4.78, 5) is 18.1. The van der Waals surface area contributed by atoms with Crippen LogP contribution in [0.1, 0.15) is 12.8 Å². The number of hydrogen-bond acceptors (Lipinski definition) is 4. The fraction of sp³-hybridized carbons (Fsp3) is 0.429. The zero-order valence-corrected chi connectivity index (χ0v) is 11.1. The highest BCUT2D eigenvalue weighted by Crippen LogP contribution is 2.15. The lowest BCUT2D eigenvalue weighted by Gasteiger charge is -2.29. The molecule has 5 nitrogen and oxygen atoms in total. The predicted octanol–water partition coefficient (Wildman–Crippen LogP) is 1.40. The second kappa shape index (κ2) is 6.89. The zero-order chi connectivity index (χ0) is 13.5. The quantitative estimate of drug-likeness (QED) is 0.786. The Morgan fingerprint density at radius 2 is 2.26 bits per heavy atom. The van der Waals surface area contributed by atoms with Crippen molar-refractivity contribution in [3.8, 4) is 0 Å². The molecule has 0 radical (unpaired) electrons. The predicted molar refractivity (Wildman–Crippen MR) is 77.4 cm³/mol. The van der Waals surface area contributed by atoms with Gasteiger partial charge in [0.15, 0.2) is 0 Å². The van der Waals surface area contributed by atoms with Crippen molar-refractivity contribution in [2.45, 2.75) is 12.8 Å². The molecule has 1 aromatic rings. The summed E-state index contributed by atoms with van der Waals surface area (Å²) >= 11 is 0. The van der Waals surface area contributed by atoms with Gasteiger partial charge in [0.1, 0.15) is 5.82 Å².